The fourth-order valence-electron chi connectivity index (χ4n) is 8.97. The minimum Gasteiger partial charge on any atom is -0.468 e. The summed E-state index contributed by atoms with van der Waals surface area (Å²) in [6, 6.07) is 5.65. The van der Waals surface area contributed by atoms with Gasteiger partial charge < -0.3 is 19.5 Å². The third-order valence-corrected chi connectivity index (χ3v) is 18.4. The number of amides is 1. The summed E-state index contributed by atoms with van der Waals surface area (Å²) in [4.78, 5) is 26.7. The molecule has 2 aromatic carbocycles. The van der Waals surface area contributed by atoms with Gasteiger partial charge in [-0.1, -0.05) is 53.5 Å². The van der Waals surface area contributed by atoms with E-state index in [4.69, 9.17) is 9.47 Å². The van der Waals surface area contributed by atoms with Crippen LogP contribution in [0.1, 0.15) is 84.4 Å². The molecule has 2 aliphatic rings. The third kappa shape index (κ3) is 6.87. The molecule has 0 spiro atoms. The molecule has 14 heteroatoms. The van der Waals surface area contributed by atoms with E-state index in [2.05, 4.69) is 68.0 Å². The number of sulfone groups is 1. The Labute approximate surface area is 310 Å². The Bertz CT molecular complexity index is 2240. The van der Waals surface area contributed by atoms with Crippen LogP contribution in [0.2, 0.25) is 16.6 Å². The number of ether oxygens (including phenoxy) is 2. The lowest BCUT2D eigenvalue weighted by Crippen LogP contribution is -2.45. The summed E-state index contributed by atoms with van der Waals surface area (Å²) in [6.45, 7) is 12.9. The summed E-state index contributed by atoms with van der Waals surface area (Å²) in [5, 5.41) is 10.4. The molecule has 2 aromatic heterocycles. The molecular weight excluding hydrogens is 719 g/mol. The summed E-state index contributed by atoms with van der Waals surface area (Å²) in [6.07, 6.45) is 3.55. The van der Waals surface area contributed by atoms with Gasteiger partial charge in [0.05, 0.1) is 11.3 Å². The lowest BCUT2D eigenvalue weighted by atomic mass is 9.86. The van der Waals surface area contributed by atoms with Gasteiger partial charge in [-0.3, -0.25) is 4.98 Å². The van der Waals surface area contributed by atoms with E-state index in [9.17, 15) is 18.3 Å². The van der Waals surface area contributed by atoms with Crippen molar-refractivity contribution in [1.29, 1.82) is 0 Å². The first-order chi connectivity index (χ1) is 25.0. The summed E-state index contributed by atoms with van der Waals surface area (Å²) in [5.74, 6) is 1.74. The average molecular weight is 765 g/mol. The van der Waals surface area contributed by atoms with E-state index in [1.807, 2.05) is 0 Å². The highest BCUT2D eigenvalue weighted by atomic mass is 32.2. The smallest absolute Gasteiger partial charge is 0.407 e. The van der Waals surface area contributed by atoms with Crippen LogP contribution in [0, 0.1) is 23.1 Å². The quantitative estimate of drug-likeness (QED) is 0.0772. The van der Waals surface area contributed by atoms with E-state index in [0.717, 1.165) is 6.26 Å². The molecule has 282 valence electrons. The van der Waals surface area contributed by atoms with Gasteiger partial charge in [-0.15, -0.1) is 5.54 Å². The fourth-order valence-corrected chi connectivity index (χ4v) is 14.7. The van der Waals surface area contributed by atoms with Crippen LogP contribution in [0.3, 0.4) is 0 Å². The van der Waals surface area contributed by atoms with Gasteiger partial charge in [-0.25, -0.2) is 32.0 Å². The van der Waals surface area contributed by atoms with Crippen LogP contribution in [-0.4, -0.2) is 79.8 Å². The zero-order chi connectivity index (χ0) is 38.6. The molecule has 4 aromatic rings. The summed E-state index contributed by atoms with van der Waals surface area (Å²) in [5.41, 5.74) is 4.62. The van der Waals surface area contributed by atoms with Crippen LogP contribution >= 0.6 is 0 Å². The minimum absolute atomic E-state index is 0.102. The molecule has 2 bridgehead atoms. The second-order valence-electron chi connectivity index (χ2n) is 15.3. The SMILES string of the molecule is COCOc1cc(-c2ncc3c(C4C[C@H]5CC[C@@H](C4)N5C(=O)O)nc(S(C)(=O)=O)nc3c2F)c2c(C#C[Si](C(C)C)(C(C)C)C(C)C)c(F)ccc2c1. The predicted octanol–water partition coefficient (Wildman–Crippen LogP) is 8.47. The summed E-state index contributed by atoms with van der Waals surface area (Å²) >= 11 is 0. The summed E-state index contributed by atoms with van der Waals surface area (Å²) in [7, 11) is -4.86. The lowest BCUT2D eigenvalue weighted by molar-refractivity contribution is 0.0512. The minimum atomic E-state index is -4.00. The van der Waals surface area contributed by atoms with E-state index >= 15 is 8.78 Å². The van der Waals surface area contributed by atoms with Gasteiger partial charge in [-0.2, -0.15) is 0 Å². The number of benzene rings is 2. The number of carboxylic acid groups (broad SMARTS) is 1. The second-order valence-corrected chi connectivity index (χ2v) is 22.8. The molecule has 6 rings (SSSR count). The summed E-state index contributed by atoms with van der Waals surface area (Å²) < 4.78 is 70.1. The Morgan fingerprint density at radius 3 is 2.25 bits per heavy atom. The number of halogens is 2. The van der Waals surface area contributed by atoms with Gasteiger partial charge in [0.2, 0.25) is 15.0 Å². The van der Waals surface area contributed by atoms with Gasteiger partial charge in [0.15, 0.2) is 12.6 Å². The Morgan fingerprint density at radius 1 is 1.04 bits per heavy atom. The van der Waals surface area contributed by atoms with Crippen molar-refractivity contribution in [2.24, 2.45) is 0 Å². The first-order valence-electron chi connectivity index (χ1n) is 18.0. The zero-order valence-electron chi connectivity index (χ0n) is 31.3. The molecule has 0 aliphatic carbocycles. The van der Waals surface area contributed by atoms with Crippen LogP contribution < -0.4 is 4.74 Å². The molecule has 1 N–H and O–H groups in total. The van der Waals surface area contributed by atoms with Gasteiger partial charge in [-0.05, 0) is 65.9 Å². The second kappa shape index (κ2) is 14.6. The predicted molar refractivity (Wildman–Crippen MR) is 202 cm³/mol. The van der Waals surface area contributed by atoms with E-state index in [1.165, 1.54) is 24.3 Å². The molecule has 53 heavy (non-hydrogen) atoms. The van der Waals surface area contributed by atoms with Crippen LogP contribution in [0.15, 0.2) is 35.6 Å². The number of fused-ring (bicyclic) bond motifs is 4. The Balaban J connectivity index is 1.62. The molecule has 2 aliphatic heterocycles. The maximum Gasteiger partial charge on any atom is 0.407 e. The number of carbonyl (C=O) groups is 1. The maximum absolute atomic E-state index is 17.2. The highest BCUT2D eigenvalue weighted by Gasteiger charge is 2.45. The van der Waals surface area contributed by atoms with Crippen molar-refractivity contribution in [3.8, 4) is 28.5 Å². The van der Waals surface area contributed by atoms with Gasteiger partial charge in [0.25, 0.3) is 0 Å². The number of hydrogen-bond donors (Lipinski definition) is 1. The number of pyridine rings is 1. The standard InChI is InChI=1S/C39H46F2N4O6SSi/c1-21(2)53(22(3)4,23(5)6)14-13-29-32(40)12-9-24-17-28(51-20-50-7)18-30(33(24)29)36-34(41)37-31(19-42-36)35(43-38(44-37)52(8,48)49)25-15-26-10-11-27(16-25)45(26)39(46)47/h9,12,17-19,21-23,25-27H,10-11,15-16,20H2,1-8H3,(H,46,47)/t25?,26-,27+. The van der Waals surface area contributed by atoms with Crippen LogP contribution in [0.25, 0.3) is 32.9 Å². The van der Waals surface area contributed by atoms with Crippen LogP contribution in [0.4, 0.5) is 13.6 Å². The monoisotopic (exact) mass is 764 g/mol. The molecule has 0 saturated carbocycles. The van der Waals surface area contributed by atoms with Gasteiger partial charge in [0.1, 0.15) is 30.9 Å². The van der Waals surface area contributed by atoms with Crippen molar-refractivity contribution < 1.29 is 36.6 Å². The molecule has 4 heterocycles. The van der Waals surface area contributed by atoms with Crippen molar-refractivity contribution in [2.45, 2.75) is 107 Å². The molecule has 10 nitrogen and oxygen atoms in total. The van der Waals surface area contributed by atoms with E-state index < -0.39 is 40.8 Å². The van der Waals surface area contributed by atoms with Gasteiger partial charge in [0, 0.05) is 53.9 Å². The lowest BCUT2D eigenvalue weighted by Gasteiger charge is -2.38. The van der Waals surface area contributed by atoms with Crippen LogP contribution in [0.5, 0.6) is 5.75 Å². The van der Waals surface area contributed by atoms with E-state index in [0.29, 0.717) is 47.9 Å². The van der Waals surface area contributed by atoms with Gasteiger partial charge >= 0.3 is 6.09 Å². The highest BCUT2D eigenvalue weighted by molar-refractivity contribution is 7.90. The van der Waals surface area contributed by atoms with Crippen molar-refractivity contribution >= 4 is 45.7 Å². The molecule has 1 unspecified atom stereocenters. The molecule has 0 radical (unpaired) electrons. The first kappa shape index (κ1) is 38.5. The normalized spacial score (nSPS) is 19.0. The van der Waals surface area contributed by atoms with Crippen molar-refractivity contribution in [1.82, 2.24) is 19.9 Å². The van der Waals surface area contributed by atoms with Crippen molar-refractivity contribution in [3.05, 3.63) is 53.4 Å². The molecule has 1 amide bonds. The van der Waals surface area contributed by atoms with Crippen LogP contribution in [-0.2, 0) is 14.6 Å². The molecule has 3 atom stereocenters. The Hall–Kier alpha value is -4.19. The number of nitrogens with zero attached hydrogens (tertiary/aromatic N) is 4. The average Bonchev–Trinajstić information content (AvgIpc) is 3.36. The topological polar surface area (TPSA) is 132 Å². The largest absolute Gasteiger partial charge is 0.468 e. The van der Waals surface area contributed by atoms with Crippen molar-refractivity contribution in [3.63, 3.8) is 0 Å². The molecule has 2 fully saturated rings. The molecule has 2 saturated heterocycles. The third-order valence-electron chi connectivity index (χ3n) is 11.3. The van der Waals surface area contributed by atoms with E-state index in [-0.39, 0.29) is 69.1 Å². The first-order valence-corrected chi connectivity index (χ1v) is 22.1. The molecular formula is C39H46F2N4O6SSi. The number of rotatable bonds is 9. The number of hydrogen-bond acceptors (Lipinski definition) is 8. The highest BCUT2D eigenvalue weighted by Crippen LogP contribution is 2.46. The fraction of sp³-hybridized carbons (Fsp3) is 0.487. The van der Waals surface area contributed by atoms with E-state index in [1.54, 1.807) is 18.2 Å². The maximum atomic E-state index is 17.2. The number of aromatic nitrogens is 3. The zero-order valence-corrected chi connectivity index (χ0v) is 33.1. The Kier molecular flexibility index (Phi) is 10.6. The number of methoxy groups -OCH3 is 1. The van der Waals surface area contributed by atoms with Crippen molar-refractivity contribution in [2.75, 3.05) is 20.2 Å². The Morgan fingerprint density at radius 2 is 1.68 bits per heavy atom. The number of piperidine rings is 1.